The van der Waals surface area contributed by atoms with Crippen LogP contribution in [0, 0.1) is 11.8 Å². The lowest BCUT2D eigenvalue weighted by Gasteiger charge is -2.31. The summed E-state index contributed by atoms with van der Waals surface area (Å²) in [5.74, 6) is 1.65. The molecule has 1 aromatic carbocycles. The molecule has 2 heterocycles. The fourth-order valence-electron chi connectivity index (χ4n) is 4.00. The molecule has 0 N–H and O–H groups in total. The Morgan fingerprint density at radius 3 is 2.30 bits per heavy atom. The van der Waals surface area contributed by atoms with E-state index in [1.54, 1.807) is 0 Å². The van der Waals surface area contributed by atoms with E-state index in [0.717, 1.165) is 37.5 Å². The first-order valence-electron chi connectivity index (χ1n) is 9.22. The molecule has 2 saturated heterocycles. The number of nitrogens with zero attached hydrogens (tertiary/aromatic N) is 2. The number of hydrogen-bond donors (Lipinski definition) is 0. The highest BCUT2D eigenvalue weighted by atomic mass is 16.2. The number of carbonyl (C=O) groups is 1. The fraction of sp³-hybridized carbons (Fsp3) is 0.650. The van der Waals surface area contributed by atoms with Gasteiger partial charge in [0.1, 0.15) is 0 Å². The minimum absolute atomic E-state index is 0.203. The summed E-state index contributed by atoms with van der Waals surface area (Å²) in [6, 6.07) is 8.31. The number of piperidine rings is 2. The highest BCUT2D eigenvalue weighted by molar-refractivity contribution is 5.94. The second-order valence-electron chi connectivity index (χ2n) is 7.68. The first kappa shape index (κ1) is 16.5. The van der Waals surface area contributed by atoms with Crippen LogP contribution in [0.15, 0.2) is 24.3 Å². The van der Waals surface area contributed by atoms with Gasteiger partial charge in [-0.05, 0) is 61.8 Å². The molecule has 0 aromatic heterocycles. The van der Waals surface area contributed by atoms with Gasteiger partial charge in [0.15, 0.2) is 0 Å². The van der Waals surface area contributed by atoms with Gasteiger partial charge in [-0.25, -0.2) is 0 Å². The van der Waals surface area contributed by atoms with Gasteiger partial charge in [0.05, 0.1) is 0 Å². The molecule has 1 aromatic rings. The number of benzene rings is 1. The summed E-state index contributed by atoms with van der Waals surface area (Å²) in [5.41, 5.74) is 2.16. The number of carbonyl (C=O) groups excluding carboxylic acids is 1. The Morgan fingerprint density at radius 1 is 1.00 bits per heavy atom. The van der Waals surface area contributed by atoms with Crippen molar-refractivity contribution >= 4 is 5.91 Å². The van der Waals surface area contributed by atoms with Crippen molar-refractivity contribution in [1.82, 2.24) is 9.80 Å². The molecule has 126 valence electrons. The quantitative estimate of drug-likeness (QED) is 0.847. The number of rotatable bonds is 3. The molecular formula is C20H30N2O. The zero-order valence-electron chi connectivity index (χ0n) is 14.6. The van der Waals surface area contributed by atoms with Crippen LogP contribution in [0.25, 0.3) is 0 Å². The third-order valence-corrected chi connectivity index (χ3v) is 5.29. The average molecular weight is 314 g/mol. The Bertz CT molecular complexity index is 525. The topological polar surface area (TPSA) is 23.6 Å². The molecule has 3 nitrogen and oxygen atoms in total. The highest BCUT2D eigenvalue weighted by Crippen LogP contribution is 2.20. The van der Waals surface area contributed by atoms with E-state index in [2.05, 4.69) is 30.9 Å². The van der Waals surface area contributed by atoms with Crippen molar-refractivity contribution < 1.29 is 4.79 Å². The Hall–Kier alpha value is -1.35. The van der Waals surface area contributed by atoms with Gasteiger partial charge in [-0.2, -0.15) is 0 Å². The second-order valence-corrected chi connectivity index (χ2v) is 7.68. The molecule has 0 radical (unpaired) electrons. The van der Waals surface area contributed by atoms with Gasteiger partial charge < -0.3 is 4.90 Å². The third kappa shape index (κ3) is 4.35. The van der Waals surface area contributed by atoms with Crippen molar-refractivity contribution in [3.63, 3.8) is 0 Å². The standard InChI is InChI=1S/C20H30N2O/c1-16-5-3-11-21(13-16)15-18-7-9-19(10-8-18)20(23)22-12-4-6-17(2)14-22/h7-10,16-17H,3-6,11-15H2,1-2H3/t16-,17+/m0/s1. The first-order chi connectivity index (χ1) is 11.1. The summed E-state index contributed by atoms with van der Waals surface area (Å²) in [6.07, 6.45) is 5.05. The van der Waals surface area contributed by atoms with Crippen LogP contribution in [0.1, 0.15) is 55.5 Å². The van der Waals surface area contributed by atoms with Crippen LogP contribution in [0.2, 0.25) is 0 Å². The van der Waals surface area contributed by atoms with Crippen LogP contribution in [-0.4, -0.2) is 41.9 Å². The largest absolute Gasteiger partial charge is 0.338 e. The maximum atomic E-state index is 12.6. The summed E-state index contributed by atoms with van der Waals surface area (Å²) in [4.78, 5) is 17.2. The van der Waals surface area contributed by atoms with Crippen molar-refractivity contribution in [3.8, 4) is 0 Å². The first-order valence-corrected chi connectivity index (χ1v) is 9.22. The number of likely N-dealkylation sites (tertiary alicyclic amines) is 2. The highest BCUT2D eigenvalue weighted by Gasteiger charge is 2.22. The van der Waals surface area contributed by atoms with Gasteiger partial charge in [0.2, 0.25) is 0 Å². The second kappa shape index (κ2) is 7.48. The maximum absolute atomic E-state index is 12.6. The lowest BCUT2D eigenvalue weighted by molar-refractivity contribution is 0.0683. The van der Waals surface area contributed by atoms with Crippen LogP contribution in [0.5, 0.6) is 0 Å². The third-order valence-electron chi connectivity index (χ3n) is 5.29. The molecule has 2 fully saturated rings. The predicted octanol–water partition coefficient (Wildman–Crippen LogP) is 3.79. The van der Waals surface area contributed by atoms with Crippen LogP contribution in [0.3, 0.4) is 0 Å². The van der Waals surface area contributed by atoms with E-state index in [-0.39, 0.29) is 5.91 Å². The molecule has 3 rings (SSSR count). The lowest BCUT2D eigenvalue weighted by Crippen LogP contribution is -2.39. The van der Waals surface area contributed by atoms with Crippen molar-refractivity contribution in [2.24, 2.45) is 11.8 Å². The molecule has 0 spiro atoms. The van der Waals surface area contributed by atoms with Gasteiger partial charge in [-0.15, -0.1) is 0 Å². The van der Waals surface area contributed by atoms with Crippen molar-refractivity contribution in [1.29, 1.82) is 0 Å². The predicted molar refractivity (Wildman–Crippen MR) is 94.4 cm³/mol. The van der Waals surface area contributed by atoms with Gasteiger partial charge in [0.25, 0.3) is 5.91 Å². The molecule has 2 aliphatic heterocycles. The Morgan fingerprint density at radius 2 is 1.65 bits per heavy atom. The van der Waals surface area contributed by atoms with E-state index >= 15 is 0 Å². The minimum Gasteiger partial charge on any atom is -0.338 e. The molecular weight excluding hydrogens is 284 g/mol. The zero-order chi connectivity index (χ0) is 16.2. The fourth-order valence-corrected chi connectivity index (χ4v) is 4.00. The van der Waals surface area contributed by atoms with E-state index in [9.17, 15) is 4.79 Å². The van der Waals surface area contributed by atoms with Crippen molar-refractivity contribution in [3.05, 3.63) is 35.4 Å². The van der Waals surface area contributed by atoms with Crippen molar-refractivity contribution in [2.75, 3.05) is 26.2 Å². The maximum Gasteiger partial charge on any atom is 0.253 e. The molecule has 3 heteroatoms. The normalized spacial score (nSPS) is 26.3. The molecule has 1 amide bonds. The van der Waals surface area contributed by atoms with Gasteiger partial charge in [-0.3, -0.25) is 9.69 Å². The van der Waals surface area contributed by atoms with Gasteiger partial charge in [-0.1, -0.05) is 26.0 Å². The Balaban J connectivity index is 1.59. The Labute approximate surface area is 140 Å². The molecule has 0 aliphatic carbocycles. The van der Waals surface area contributed by atoms with Gasteiger partial charge >= 0.3 is 0 Å². The molecule has 0 saturated carbocycles. The van der Waals surface area contributed by atoms with E-state index in [1.807, 2.05) is 17.0 Å². The Kier molecular flexibility index (Phi) is 5.37. The van der Waals surface area contributed by atoms with Crippen LogP contribution < -0.4 is 0 Å². The molecule has 0 bridgehead atoms. The molecule has 23 heavy (non-hydrogen) atoms. The van der Waals surface area contributed by atoms with Crippen molar-refractivity contribution in [2.45, 2.75) is 46.1 Å². The SMILES string of the molecule is C[C@@H]1CCCN(C(=O)c2ccc(CN3CCC[C@H](C)C3)cc2)C1. The molecule has 2 atom stereocenters. The van der Waals surface area contributed by atoms with E-state index < -0.39 is 0 Å². The minimum atomic E-state index is 0.203. The monoisotopic (exact) mass is 314 g/mol. The molecule has 2 aliphatic rings. The number of amides is 1. The van der Waals surface area contributed by atoms with Crippen LogP contribution in [-0.2, 0) is 6.54 Å². The smallest absolute Gasteiger partial charge is 0.253 e. The van der Waals surface area contributed by atoms with Crippen LogP contribution >= 0.6 is 0 Å². The zero-order valence-corrected chi connectivity index (χ0v) is 14.6. The lowest BCUT2D eigenvalue weighted by atomic mass is 9.99. The summed E-state index contributed by atoms with van der Waals surface area (Å²) in [5, 5.41) is 0. The average Bonchev–Trinajstić information content (AvgIpc) is 2.55. The van der Waals surface area contributed by atoms with E-state index in [4.69, 9.17) is 0 Å². The molecule has 0 unspecified atom stereocenters. The van der Waals surface area contributed by atoms with Crippen LogP contribution in [0.4, 0.5) is 0 Å². The number of hydrogen-bond acceptors (Lipinski definition) is 2. The van der Waals surface area contributed by atoms with E-state index in [0.29, 0.717) is 5.92 Å². The van der Waals surface area contributed by atoms with Gasteiger partial charge in [0, 0.05) is 31.7 Å². The van der Waals surface area contributed by atoms with E-state index in [1.165, 1.54) is 37.9 Å². The summed E-state index contributed by atoms with van der Waals surface area (Å²) in [7, 11) is 0. The summed E-state index contributed by atoms with van der Waals surface area (Å²) < 4.78 is 0. The summed E-state index contributed by atoms with van der Waals surface area (Å²) >= 11 is 0. The summed E-state index contributed by atoms with van der Waals surface area (Å²) in [6.45, 7) is 9.82.